The average Bonchev–Trinajstić information content (AvgIpc) is 2.81. The van der Waals surface area contributed by atoms with E-state index in [9.17, 15) is 4.79 Å². The molecule has 5 heteroatoms. The highest BCUT2D eigenvalue weighted by Gasteiger charge is 2.52. The Morgan fingerprint density at radius 3 is 2.09 bits per heavy atom. The van der Waals surface area contributed by atoms with Gasteiger partial charge in [0.2, 0.25) is 0 Å². The highest BCUT2D eigenvalue weighted by Crippen LogP contribution is 2.44. The van der Waals surface area contributed by atoms with Crippen LogP contribution in [0.1, 0.15) is 40.5 Å². The van der Waals surface area contributed by atoms with Crippen molar-refractivity contribution in [2.75, 3.05) is 20.5 Å². The first-order chi connectivity index (χ1) is 15.8. The fourth-order valence-corrected chi connectivity index (χ4v) is 9.76. The van der Waals surface area contributed by atoms with Crippen molar-refractivity contribution in [2.24, 2.45) is 11.3 Å². The van der Waals surface area contributed by atoms with Gasteiger partial charge in [-0.05, 0) is 34.2 Å². The van der Waals surface area contributed by atoms with Gasteiger partial charge in [0.15, 0.2) is 0 Å². The lowest BCUT2D eigenvalue weighted by Crippen LogP contribution is -2.67. The van der Waals surface area contributed by atoms with Gasteiger partial charge in [-0.25, -0.2) is 0 Å². The first-order valence-corrected chi connectivity index (χ1v) is 13.7. The van der Waals surface area contributed by atoms with Crippen LogP contribution in [0.3, 0.4) is 0 Å². The van der Waals surface area contributed by atoms with Crippen LogP contribution >= 0.6 is 0 Å². The lowest BCUT2D eigenvalue weighted by atomic mass is 9.67. The summed E-state index contributed by atoms with van der Waals surface area (Å²) in [4.78, 5) is 12.0. The van der Waals surface area contributed by atoms with E-state index >= 15 is 0 Å². The van der Waals surface area contributed by atoms with Crippen molar-refractivity contribution < 1.29 is 18.7 Å². The van der Waals surface area contributed by atoms with Crippen LogP contribution in [0.5, 0.6) is 0 Å². The van der Waals surface area contributed by atoms with Crippen LogP contribution in [0, 0.1) is 11.3 Å². The van der Waals surface area contributed by atoms with Crippen LogP contribution in [-0.4, -0.2) is 41.2 Å². The van der Waals surface area contributed by atoms with Crippen molar-refractivity contribution in [3.63, 3.8) is 0 Å². The molecule has 0 saturated carbocycles. The van der Waals surface area contributed by atoms with Gasteiger partial charge in [-0.3, -0.25) is 0 Å². The fraction of sp³-hybridized carbons (Fsp3) is 0.464. The molecule has 178 valence electrons. The molecule has 0 saturated heterocycles. The van der Waals surface area contributed by atoms with E-state index in [0.29, 0.717) is 6.61 Å². The number of carbonyl (C=O) groups is 1. The summed E-state index contributed by atoms with van der Waals surface area (Å²) in [6.07, 6.45) is 6.37. The van der Waals surface area contributed by atoms with E-state index in [1.165, 1.54) is 10.4 Å². The van der Waals surface area contributed by atoms with Gasteiger partial charge in [0, 0.05) is 19.1 Å². The molecule has 2 aromatic rings. The van der Waals surface area contributed by atoms with E-state index in [-0.39, 0.29) is 23.2 Å². The number of carbonyl (C=O) groups excluding carboxylic acids is 1. The fourth-order valence-electron chi connectivity index (χ4n) is 5.15. The molecule has 0 aromatic heterocycles. The third-order valence-electron chi connectivity index (χ3n) is 7.13. The molecule has 0 unspecified atom stereocenters. The zero-order chi connectivity index (χ0) is 24.0. The predicted octanol–water partition coefficient (Wildman–Crippen LogP) is 4.72. The standard InChI is InChI=1S/C28H38O4Si/c1-27(2,3)33(24-15-8-6-9-16-24,25-17-10-7-11-18-25)32-21-23-14-12-13-19-28(23,4)26(20-29)31-22-30-5/h6-13,15-18,20,23,26H,14,19,21-22H2,1-5H3/t23-,26-,28+/m0/s1. The molecule has 0 aliphatic heterocycles. The summed E-state index contributed by atoms with van der Waals surface area (Å²) in [5.41, 5.74) is -0.361. The molecule has 3 atom stereocenters. The first-order valence-electron chi connectivity index (χ1n) is 11.8. The summed E-state index contributed by atoms with van der Waals surface area (Å²) < 4.78 is 18.1. The lowest BCUT2D eigenvalue weighted by molar-refractivity contribution is -0.150. The number of hydrogen-bond acceptors (Lipinski definition) is 4. The highest BCUT2D eigenvalue weighted by atomic mass is 28.4. The van der Waals surface area contributed by atoms with E-state index in [1.807, 2.05) is 0 Å². The monoisotopic (exact) mass is 466 g/mol. The van der Waals surface area contributed by atoms with E-state index < -0.39 is 14.4 Å². The maximum Gasteiger partial charge on any atom is 0.261 e. The number of allylic oxidation sites excluding steroid dienone is 2. The Balaban J connectivity index is 2.01. The molecule has 0 bridgehead atoms. The number of hydrogen-bond donors (Lipinski definition) is 0. The van der Waals surface area contributed by atoms with Crippen molar-refractivity contribution in [3.8, 4) is 0 Å². The number of rotatable bonds is 10. The van der Waals surface area contributed by atoms with Crippen molar-refractivity contribution in [3.05, 3.63) is 72.8 Å². The van der Waals surface area contributed by atoms with Gasteiger partial charge in [0.05, 0.1) is 0 Å². The SMILES string of the molecule is COCO[C@@H](C=O)[C@]1(C)CC=CC[C@H]1CO[Si](c1ccccc1)(c1ccccc1)C(C)(C)C. The Kier molecular flexibility index (Phi) is 8.46. The summed E-state index contributed by atoms with van der Waals surface area (Å²) in [6.45, 7) is 9.67. The lowest BCUT2D eigenvalue weighted by Gasteiger charge is -2.47. The van der Waals surface area contributed by atoms with Gasteiger partial charge < -0.3 is 18.7 Å². The minimum Gasteiger partial charge on any atom is -0.407 e. The summed E-state index contributed by atoms with van der Waals surface area (Å²) in [6, 6.07) is 21.4. The highest BCUT2D eigenvalue weighted by molar-refractivity contribution is 6.99. The maximum atomic E-state index is 12.0. The van der Waals surface area contributed by atoms with E-state index in [4.69, 9.17) is 13.9 Å². The van der Waals surface area contributed by atoms with Crippen LogP contribution in [-0.2, 0) is 18.7 Å². The van der Waals surface area contributed by atoms with Crippen molar-refractivity contribution in [1.82, 2.24) is 0 Å². The van der Waals surface area contributed by atoms with Crippen molar-refractivity contribution >= 4 is 25.0 Å². The molecule has 0 radical (unpaired) electrons. The summed E-state index contributed by atoms with van der Waals surface area (Å²) in [5.74, 6) is 0.149. The second kappa shape index (κ2) is 10.9. The Morgan fingerprint density at radius 2 is 1.61 bits per heavy atom. The largest absolute Gasteiger partial charge is 0.407 e. The van der Waals surface area contributed by atoms with Gasteiger partial charge in [-0.15, -0.1) is 0 Å². The van der Waals surface area contributed by atoms with E-state index in [1.54, 1.807) is 7.11 Å². The maximum absolute atomic E-state index is 12.0. The quantitative estimate of drug-likeness (QED) is 0.220. The third-order valence-corrected chi connectivity index (χ3v) is 12.1. The van der Waals surface area contributed by atoms with Crippen LogP contribution in [0.15, 0.2) is 72.8 Å². The summed E-state index contributed by atoms with van der Waals surface area (Å²) in [5, 5.41) is 2.44. The Morgan fingerprint density at radius 1 is 1.03 bits per heavy atom. The van der Waals surface area contributed by atoms with Gasteiger partial charge in [-0.1, -0.05) is 101 Å². The summed E-state index contributed by atoms with van der Waals surface area (Å²) >= 11 is 0. The Bertz CT molecular complexity index is 867. The van der Waals surface area contributed by atoms with Gasteiger partial charge in [-0.2, -0.15) is 0 Å². The van der Waals surface area contributed by atoms with Crippen LogP contribution in [0.25, 0.3) is 0 Å². The number of benzene rings is 2. The molecular formula is C28H38O4Si. The van der Waals surface area contributed by atoms with Gasteiger partial charge in [0.1, 0.15) is 19.2 Å². The molecule has 0 amide bonds. The van der Waals surface area contributed by atoms with Crippen LogP contribution < -0.4 is 10.4 Å². The van der Waals surface area contributed by atoms with Gasteiger partial charge in [0.25, 0.3) is 8.32 Å². The molecule has 4 nitrogen and oxygen atoms in total. The minimum atomic E-state index is -2.64. The van der Waals surface area contributed by atoms with Crippen molar-refractivity contribution in [1.29, 1.82) is 0 Å². The third kappa shape index (κ3) is 5.22. The van der Waals surface area contributed by atoms with Crippen LogP contribution in [0.4, 0.5) is 0 Å². The molecule has 1 aliphatic rings. The smallest absolute Gasteiger partial charge is 0.261 e. The van der Waals surface area contributed by atoms with E-state index in [2.05, 4.69) is 101 Å². The first kappa shape index (κ1) is 25.6. The minimum absolute atomic E-state index is 0.0901. The second-order valence-corrected chi connectivity index (χ2v) is 14.5. The normalized spacial score (nSPS) is 22.2. The second-order valence-electron chi connectivity index (χ2n) is 10.2. The predicted molar refractivity (Wildman–Crippen MR) is 136 cm³/mol. The molecule has 3 rings (SSSR count). The molecule has 33 heavy (non-hydrogen) atoms. The molecule has 0 fully saturated rings. The van der Waals surface area contributed by atoms with E-state index in [0.717, 1.165) is 19.1 Å². The number of methoxy groups -OCH3 is 1. The number of ether oxygens (including phenoxy) is 2. The summed E-state index contributed by atoms with van der Waals surface area (Å²) in [7, 11) is -1.07. The zero-order valence-electron chi connectivity index (χ0n) is 20.6. The molecule has 2 aromatic carbocycles. The molecular weight excluding hydrogens is 428 g/mol. The molecule has 0 heterocycles. The van der Waals surface area contributed by atoms with Gasteiger partial charge >= 0.3 is 0 Å². The average molecular weight is 467 g/mol. The number of aldehydes is 1. The zero-order valence-corrected chi connectivity index (χ0v) is 21.6. The molecule has 0 N–H and O–H groups in total. The Hall–Kier alpha value is -2.05. The van der Waals surface area contributed by atoms with Crippen LogP contribution in [0.2, 0.25) is 5.04 Å². The van der Waals surface area contributed by atoms with Crippen molar-refractivity contribution in [2.45, 2.75) is 51.7 Å². The Labute approximate surface area is 200 Å². The topological polar surface area (TPSA) is 44.8 Å². The molecule has 1 aliphatic carbocycles. The molecule has 0 spiro atoms.